The summed E-state index contributed by atoms with van der Waals surface area (Å²) in [7, 11) is 0. The fourth-order valence-electron chi connectivity index (χ4n) is 5.57. The van der Waals surface area contributed by atoms with Crippen molar-refractivity contribution in [3.63, 3.8) is 0 Å². The zero-order chi connectivity index (χ0) is 34.9. The molecule has 3 amide bonds. The van der Waals surface area contributed by atoms with Crippen LogP contribution in [0.25, 0.3) is 0 Å². The largest absolute Gasteiger partial charge is 0.457 e. The van der Waals surface area contributed by atoms with Gasteiger partial charge in [-0.1, -0.05) is 61.5 Å². The Morgan fingerprint density at radius 1 is 0.700 bits per heavy atom. The number of amides is 3. The van der Waals surface area contributed by atoms with Crippen LogP contribution in [0.2, 0.25) is 0 Å². The number of carbonyl (C=O) groups excluding carboxylic acids is 2. The number of hydrogen-bond acceptors (Lipinski definition) is 7. The van der Waals surface area contributed by atoms with E-state index in [1.807, 2.05) is 103 Å². The lowest BCUT2D eigenvalue weighted by Crippen LogP contribution is -2.38. The maximum Gasteiger partial charge on any atom is 0.323 e. The maximum atomic E-state index is 12.8. The van der Waals surface area contributed by atoms with Crippen LogP contribution in [0.3, 0.4) is 0 Å². The molecule has 1 saturated heterocycles. The Hall–Kier alpha value is -5.13. The molecule has 0 bridgehead atoms. The third kappa shape index (κ3) is 9.31. The minimum absolute atomic E-state index is 0.0263. The molecule has 1 aliphatic rings. The number of urea groups is 1. The van der Waals surface area contributed by atoms with Crippen molar-refractivity contribution in [2.24, 2.45) is 5.92 Å². The molecule has 4 unspecified atom stereocenters. The number of aliphatic hydroxyl groups is 1. The molecule has 50 heavy (non-hydrogen) atoms. The summed E-state index contributed by atoms with van der Waals surface area (Å²) in [6.45, 7) is 3.59. The smallest absolute Gasteiger partial charge is 0.323 e. The SMILES string of the molecule is CC(=O)Nc1ccc(SCC2OC(c3ccc(NC(=O)Nc4ccc(Oc5ccccc5)cc4)cc3)OC(c3ccc(CO)cc3)C2C)cc1. The van der Waals surface area contributed by atoms with E-state index in [1.54, 1.807) is 36.0 Å². The number of benzene rings is 5. The lowest BCUT2D eigenvalue weighted by molar-refractivity contribution is -0.268. The highest BCUT2D eigenvalue weighted by molar-refractivity contribution is 7.99. The predicted molar refractivity (Wildman–Crippen MR) is 196 cm³/mol. The summed E-state index contributed by atoms with van der Waals surface area (Å²) in [6, 6.07) is 39.3. The van der Waals surface area contributed by atoms with Gasteiger partial charge >= 0.3 is 6.03 Å². The van der Waals surface area contributed by atoms with Gasteiger partial charge in [-0.05, 0) is 83.9 Å². The van der Waals surface area contributed by atoms with Gasteiger partial charge < -0.3 is 35.3 Å². The molecule has 5 aromatic rings. The van der Waals surface area contributed by atoms with Crippen LogP contribution in [0, 0.1) is 5.92 Å². The summed E-state index contributed by atoms with van der Waals surface area (Å²) < 4.78 is 19.0. The fraction of sp³-hybridized carbons (Fsp3) is 0.200. The molecule has 0 saturated carbocycles. The molecule has 0 spiro atoms. The first kappa shape index (κ1) is 34.7. The zero-order valence-corrected chi connectivity index (χ0v) is 28.6. The van der Waals surface area contributed by atoms with Crippen molar-refractivity contribution in [2.45, 2.75) is 43.8 Å². The van der Waals surface area contributed by atoms with Crippen molar-refractivity contribution in [3.05, 3.63) is 144 Å². The standard InChI is InChI=1S/C40H39N3O6S/c1-26-37(25-50-36-22-18-31(19-23-36)41-27(2)45)48-39(49-38(26)29-10-8-28(24-44)9-11-29)30-12-14-32(15-13-30)42-40(46)43-33-16-20-35(21-17-33)47-34-6-4-3-5-7-34/h3-23,26,37-39,44H,24-25H2,1-2H3,(H,41,45)(H2,42,43,46). The van der Waals surface area contributed by atoms with Gasteiger partial charge in [0.2, 0.25) is 5.91 Å². The fourth-order valence-corrected chi connectivity index (χ4v) is 6.64. The van der Waals surface area contributed by atoms with Gasteiger partial charge in [0, 0.05) is 46.1 Å². The second kappa shape index (κ2) is 16.5. The van der Waals surface area contributed by atoms with E-state index in [-0.39, 0.29) is 36.7 Å². The zero-order valence-electron chi connectivity index (χ0n) is 27.7. The molecule has 9 nitrogen and oxygen atoms in total. The maximum absolute atomic E-state index is 12.8. The normalized spacial score (nSPS) is 18.5. The molecule has 256 valence electrons. The van der Waals surface area contributed by atoms with Crippen molar-refractivity contribution < 1.29 is 28.9 Å². The van der Waals surface area contributed by atoms with Crippen LogP contribution < -0.4 is 20.7 Å². The first-order valence-electron chi connectivity index (χ1n) is 16.3. The van der Waals surface area contributed by atoms with Gasteiger partial charge in [-0.15, -0.1) is 11.8 Å². The van der Waals surface area contributed by atoms with Crippen LogP contribution in [-0.2, 0) is 20.9 Å². The number of nitrogens with one attached hydrogen (secondary N) is 3. The van der Waals surface area contributed by atoms with Crippen molar-refractivity contribution >= 4 is 40.8 Å². The Morgan fingerprint density at radius 3 is 1.88 bits per heavy atom. The third-order valence-corrected chi connectivity index (χ3v) is 9.34. The third-order valence-electron chi connectivity index (χ3n) is 8.24. The van der Waals surface area contributed by atoms with Crippen molar-refractivity contribution in [3.8, 4) is 11.5 Å². The van der Waals surface area contributed by atoms with Crippen LogP contribution in [0.15, 0.2) is 132 Å². The van der Waals surface area contributed by atoms with Crippen molar-refractivity contribution in [1.29, 1.82) is 0 Å². The molecule has 6 rings (SSSR count). The van der Waals surface area contributed by atoms with E-state index in [0.717, 1.165) is 33.0 Å². The number of aliphatic hydroxyl groups excluding tert-OH is 1. The Bertz CT molecular complexity index is 1850. The minimum Gasteiger partial charge on any atom is -0.457 e. The molecule has 1 heterocycles. The predicted octanol–water partition coefficient (Wildman–Crippen LogP) is 9.16. The van der Waals surface area contributed by atoms with Crippen molar-refractivity contribution in [2.75, 3.05) is 21.7 Å². The Labute approximate surface area is 296 Å². The summed E-state index contributed by atoms with van der Waals surface area (Å²) in [6.07, 6.45) is -1.03. The molecule has 0 aromatic heterocycles. The Morgan fingerprint density at radius 2 is 1.26 bits per heavy atom. The summed E-state index contributed by atoms with van der Waals surface area (Å²) in [5, 5.41) is 18.1. The van der Waals surface area contributed by atoms with Crippen LogP contribution in [0.5, 0.6) is 11.5 Å². The summed E-state index contributed by atoms with van der Waals surface area (Å²) in [5.41, 5.74) is 4.66. The molecule has 1 aliphatic heterocycles. The number of rotatable bonds is 11. The van der Waals surface area contributed by atoms with E-state index in [0.29, 0.717) is 22.9 Å². The highest BCUT2D eigenvalue weighted by Gasteiger charge is 2.38. The summed E-state index contributed by atoms with van der Waals surface area (Å²) in [4.78, 5) is 25.2. The molecule has 4 atom stereocenters. The van der Waals surface area contributed by atoms with Crippen LogP contribution >= 0.6 is 11.8 Å². The Balaban J connectivity index is 1.10. The Kier molecular flexibility index (Phi) is 11.5. The van der Waals surface area contributed by atoms with Crippen LogP contribution in [-0.4, -0.2) is 28.9 Å². The van der Waals surface area contributed by atoms with E-state index in [2.05, 4.69) is 22.9 Å². The van der Waals surface area contributed by atoms with Gasteiger partial charge in [-0.2, -0.15) is 0 Å². The average molecular weight is 690 g/mol. The quantitative estimate of drug-likeness (QED) is 0.102. The topological polar surface area (TPSA) is 118 Å². The number of carbonyl (C=O) groups is 2. The van der Waals surface area contributed by atoms with E-state index in [1.165, 1.54) is 6.92 Å². The monoisotopic (exact) mass is 689 g/mol. The number of ether oxygens (including phenoxy) is 3. The first-order valence-corrected chi connectivity index (χ1v) is 17.3. The van der Waals surface area contributed by atoms with Gasteiger partial charge in [0.15, 0.2) is 6.29 Å². The van der Waals surface area contributed by atoms with E-state index >= 15 is 0 Å². The summed E-state index contributed by atoms with van der Waals surface area (Å²) in [5.74, 6) is 2.01. The second-order valence-corrected chi connectivity index (χ2v) is 13.1. The van der Waals surface area contributed by atoms with Crippen molar-refractivity contribution in [1.82, 2.24) is 0 Å². The van der Waals surface area contributed by atoms with Gasteiger partial charge in [0.05, 0.1) is 18.8 Å². The van der Waals surface area contributed by atoms with E-state index < -0.39 is 6.29 Å². The van der Waals surface area contributed by atoms with Crippen LogP contribution in [0.4, 0.5) is 21.9 Å². The van der Waals surface area contributed by atoms with Gasteiger partial charge in [-0.3, -0.25) is 4.79 Å². The molecule has 0 radical (unpaired) electrons. The van der Waals surface area contributed by atoms with E-state index in [4.69, 9.17) is 14.2 Å². The number of hydrogen-bond donors (Lipinski definition) is 4. The molecule has 4 N–H and O–H groups in total. The number of thioether (sulfide) groups is 1. The lowest BCUT2D eigenvalue weighted by Gasteiger charge is -2.41. The second-order valence-electron chi connectivity index (χ2n) is 12.0. The highest BCUT2D eigenvalue weighted by Crippen LogP contribution is 2.43. The lowest BCUT2D eigenvalue weighted by atomic mass is 9.91. The molecule has 1 fully saturated rings. The van der Waals surface area contributed by atoms with E-state index in [9.17, 15) is 14.7 Å². The molecule has 10 heteroatoms. The first-order chi connectivity index (χ1) is 24.3. The molecule has 0 aliphatic carbocycles. The molecule has 5 aromatic carbocycles. The van der Waals surface area contributed by atoms with Gasteiger partial charge in [-0.25, -0.2) is 4.79 Å². The van der Waals surface area contributed by atoms with Gasteiger partial charge in [0.25, 0.3) is 0 Å². The molecular formula is C40H39N3O6S. The minimum atomic E-state index is -0.638. The summed E-state index contributed by atoms with van der Waals surface area (Å²) >= 11 is 1.68. The number of anilines is 3. The van der Waals surface area contributed by atoms with Gasteiger partial charge in [0.1, 0.15) is 11.5 Å². The van der Waals surface area contributed by atoms with Crippen LogP contribution in [0.1, 0.15) is 42.9 Å². The average Bonchev–Trinajstić information content (AvgIpc) is 3.13. The highest BCUT2D eigenvalue weighted by atomic mass is 32.2. The number of para-hydroxylation sites is 1. The molecular weight excluding hydrogens is 651 g/mol.